The SMILES string of the molecule is CC(C)Cc1ccc(C2=N/C(=C/c3ccco3)C(=O)O2)cc1. The molecule has 0 saturated heterocycles. The molecule has 4 nitrogen and oxygen atoms in total. The van der Waals surface area contributed by atoms with Gasteiger partial charge in [0.2, 0.25) is 5.90 Å². The Morgan fingerprint density at radius 1 is 1.18 bits per heavy atom. The average Bonchev–Trinajstić information content (AvgIpc) is 3.10. The Kier molecular flexibility index (Phi) is 3.92. The lowest BCUT2D eigenvalue weighted by molar-refractivity contribution is -0.129. The maximum Gasteiger partial charge on any atom is 0.363 e. The standard InChI is InChI=1S/C18H17NO3/c1-12(2)10-13-5-7-14(8-6-13)17-19-16(18(20)22-17)11-15-4-3-9-21-15/h3-9,11-12H,10H2,1-2H3/b16-11+. The van der Waals surface area contributed by atoms with Crippen molar-refractivity contribution in [2.45, 2.75) is 20.3 Å². The normalized spacial score (nSPS) is 16.2. The predicted molar refractivity (Wildman–Crippen MR) is 84.3 cm³/mol. The van der Waals surface area contributed by atoms with Crippen molar-refractivity contribution in [3.05, 3.63) is 65.2 Å². The highest BCUT2D eigenvalue weighted by Crippen LogP contribution is 2.20. The lowest BCUT2D eigenvalue weighted by Crippen LogP contribution is -2.05. The number of aliphatic imine (C=N–C) groups is 1. The Hall–Kier alpha value is -2.62. The molecule has 2 heterocycles. The Labute approximate surface area is 129 Å². The van der Waals surface area contributed by atoms with Crippen molar-refractivity contribution < 1.29 is 13.9 Å². The minimum Gasteiger partial charge on any atom is -0.465 e. The molecule has 1 aliphatic rings. The first-order valence-electron chi connectivity index (χ1n) is 7.27. The summed E-state index contributed by atoms with van der Waals surface area (Å²) >= 11 is 0. The highest BCUT2D eigenvalue weighted by Gasteiger charge is 2.24. The van der Waals surface area contributed by atoms with Gasteiger partial charge >= 0.3 is 5.97 Å². The first-order chi connectivity index (χ1) is 10.6. The van der Waals surface area contributed by atoms with Crippen LogP contribution in [0.15, 0.2) is 57.8 Å². The Morgan fingerprint density at radius 3 is 2.59 bits per heavy atom. The third-order valence-electron chi connectivity index (χ3n) is 3.29. The van der Waals surface area contributed by atoms with Gasteiger partial charge in [-0.3, -0.25) is 0 Å². The summed E-state index contributed by atoms with van der Waals surface area (Å²) in [4.78, 5) is 16.1. The summed E-state index contributed by atoms with van der Waals surface area (Å²) in [6.45, 7) is 4.37. The second-order valence-corrected chi connectivity index (χ2v) is 5.65. The van der Waals surface area contributed by atoms with Crippen LogP contribution in [0.25, 0.3) is 6.08 Å². The van der Waals surface area contributed by atoms with Crippen LogP contribution in [-0.2, 0) is 16.0 Å². The number of cyclic esters (lactones) is 1. The number of hydrogen-bond donors (Lipinski definition) is 0. The summed E-state index contributed by atoms with van der Waals surface area (Å²) in [5.41, 5.74) is 2.30. The topological polar surface area (TPSA) is 51.8 Å². The molecule has 0 radical (unpaired) electrons. The van der Waals surface area contributed by atoms with E-state index in [0.29, 0.717) is 17.6 Å². The third-order valence-corrected chi connectivity index (χ3v) is 3.29. The molecule has 0 bridgehead atoms. The molecule has 0 atom stereocenters. The molecule has 0 spiro atoms. The van der Waals surface area contributed by atoms with E-state index in [1.807, 2.05) is 24.3 Å². The molecule has 0 amide bonds. The van der Waals surface area contributed by atoms with Crippen molar-refractivity contribution >= 4 is 17.9 Å². The van der Waals surface area contributed by atoms with Gasteiger partial charge in [0, 0.05) is 11.6 Å². The molecule has 1 aromatic carbocycles. The molecule has 1 aliphatic heterocycles. The first-order valence-corrected chi connectivity index (χ1v) is 7.27. The molecule has 0 saturated carbocycles. The minimum atomic E-state index is -0.461. The molecule has 2 aromatic rings. The van der Waals surface area contributed by atoms with Crippen LogP contribution in [0, 0.1) is 5.92 Å². The van der Waals surface area contributed by atoms with Gasteiger partial charge < -0.3 is 9.15 Å². The Morgan fingerprint density at radius 2 is 1.95 bits per heavy atom. The van der Waals surface area contributed by atoms with Crippen molar-refractivity contribution in [3.8, 4) is 0 Å². The van der Waals surface area contributed by atoms with E-state index in [2.05, 4.69) is 18.8 Å². The van der Waals surface area contributed by atoms with E-state index in [1.54, 1.807) is 24.5 Å². The van der Waals surface area contributed by atoms with Crippen molar-refractivity contribution in [1.82, 2.24) is 0 Å². The number of carbonyl (C=O) groups excluding carboxylic acids is 1. The maximum absolute atomic E-state index is 11.8. The molecule has 0 aliphatic carbocycles. The number of carbonyl (C=O) groups is 1. The zero-order chi connectivity index (χ0) is 15.5. The van der Waals surface area contributed by atoms with Crippen LogP contribution in [0.1, 0.15) is 30.7 Å². The fourth-order valence-corrected chi connectivity index (χ4v) is 2.30. The van der Waals surface area contributed by atoms with E-state index >= 15 is 0 Å². The van der Waals surface area contributed by atoms with Crippen molar-refractivity contribution in [2.24, 2.45) is 10.9 Å². The van der Waals surface area contributed by atoms with Gasteiger partial charge in [0.15, 0.2) is 5.70 Å². The number of nitrogens with zero attached hydrogens (tertiary/aromatic N) is 1. The Balaban J connectivity index is 1.82. The largest absolute Gasteiger partial charge is 0.465 e. The van der Waals surface area contributed by atoms with E-state index in [0.717, 1.165) is 12.0 Å². The molecule has 1 aromatic heterocycles. The maximum atomic E-state index is 11.8. The van der Waals surface area contributed by atoms with Crippen LogP contribution in [0.3, 0.4) is 0 Å². The lowest BCUT2D eigenvalue weighted by Gasteiger charge is -2.05. The van der Waals surface area contributed by atoms with Crippen LogP contribution in [-0.4, -0.2) is 11.9 Å². The monoisotopic (exact) mass is 295 g/mol. The van der Waals surface area contributed by atoms with Crippen LogP contribution in [0.2, 0.25) is 0 Å². The average molecular weight is 295 g/mol. The van der Waals surface area contributed by atoms with E-state index in [9.17, 15) is 4.79 Å². The summed E-state index contributed by atoms with van der Waals surface area (Å²) in [7, 11) is 0. The summed E-state index contributed by atoms with van der Waals surface area (Å²) in [6, 6.07) is 11.5. The molecule has 0 N–H and O–H groups in total. The molecular formula is C18H17NO3. The summed E-state index contributed by atoms with van der Waals surface area (Å²) in [5.74, 6) is 1.05. The number of esters is 1. The van der Waals surface area contributed by atoms with Gasteiger partial charge in [-0.2, -0.15) is 0 Å². The minimum absolute atomic E-state index is 0.246. The number of hydrogen-bond acceptors (Lipinski definition) is 4. The predicted octanol–water partition coefficient (Wildman–Crippen LogP) is 3.82. The van der Waals surface area contributed by atoms with Crippen LogP contribution >= 0.6 is 0 Å². The molecule has 0 fully saturated rings. The Bertz CT molecular complexity index is 722. The highest BCUT2D eigenvalue weighted by molar-refractivity contribution is 6.12. The van der Waals surface area contributed by atoms with Crippen LogP contribution in [0.5, 0.6) is 0 Å². The smallest absolute Gasteiger partial charge is 0.363 e. The molecular weight excluding hydrogens is 278 g/mol. The first kappa shape index (κ1) is 14.3. The van der Waals surface area contributed by atoms with Gasteiger partial charge in [-0.25, -0.2) is 9.79 Å². The van der Waals surface area contributed by atoms with Crippen LogP contribution < -0.4 is 0 Å². The second-order valence-electron chi connectivity index (χ2n) is 5.65. The molecule has 0 unspecified atom stereocenters. The van der Waals surface area contributed by atoms with E-state index in [4.69, 9.17) is 9.15 Å². The van der Waals surface area contributed by atoms with Gasteiger partial charge in [0.25, 0.3) is 0 Å². The number of furan rings is 1. The second kappa shape index (κ2) is 6.02. The van der Waals surface area contributed by atoms with Crippen molar-refractivity contribution in [2.75, 3.05) is 0 Å². The molecule has 3 rings (SSSR count). The van der Waals surface area contributed by atoms with Crippen molar-refractivity contribution in [3.63, 3.8) is 0 Å². The fraction of sp³-hybridized carbons (Fsp3) is 0.222. The quantitative estimate of drug-likeness (QED) is 0.636. The zero-order valence-corrected chi connectivity index (χ0v) is 12.6. The van der Waals surface area contributed by atoms with E-state index < -0.39 is 5.97 Å². The fourth-order valence-electron chi connectivity index (χ4n) is 2.30. The number of benzene rings is 1. The third kappa shape index (κ3) is 3.17. The molecule has 4 heteroatoms. The van der Waals surface area contributed by atoms with Gasteiger partial charge in [-0.05, 0) is 42.2 Å². The van der Waals surface area contributed by atoms with Gasteiger partial charge in [-0.1, -0.05) is 26.0 Å². The van der Waals surface area contributed by atoms with E-state index in [-0.39, 0.29) is 5.70 Å². The summed E-state index contributed by atoms with van der Waals surface area (Å²) in [6.07, 6.45) is 4.14. The number of ether oxygens (including phenoxy) is 1. The van der Waals surface area contributed by atoms with Gasteiger partial charge in [0.1, 0.15) is 5.76 Å². The van der Waals surface area contributed by atoms with E-state index in [1.165, 1.54) is 5.56 Å². The highest BCUT2D eigenvalue weighted by atomic mass is 16.6. The summed E-state index contributed by atoms with van der Waals surface area (Å²) < 4.78 is 10.4. The zero-order valence-electron chi connectivity index (χ0n) is 12.6. The molecule has 112 valence electrons. The lowest BCUT2D eigenvalue weighted by atomic mass is 10.0. The van der Waals surface area contributed by atoms with Gasteiger partial charge in [-0.15, -0.1) is 0 Å². The van der Waals surface area contributed by atoms with Crippen LogP contribution in [0.4, 0.5) is 0 Å². The molecule has 22 heavy (non-hydrogen) atoms. The van der Waals surface area contributed by atoms with Crippen molar-refractivity contribution in [1.29, 1.82) is 0 Å². The number of rotatable bonds is 4. The van der Waals surface area contributed by atoms with Gasteiger partial charge in [0.05, 0.1) is 6.26 Å². The summed E-state index contributed by atoms with van der Waals surface area (Å²) in [5, 5.41) is 0.